The fourth-order valence-corrected chi connectivity index (χ4v) is 2.52. The van der Waals surface area contributed by atoms with E-state index in [0.717, 1.165) is 5.75 Å². The Morgan fingerprint density at radius 2 is 2.08 bits per heavy atom. The monoisotopic (exact) mass is 194 g/mol. The summed E-state index contributed by atoms with van der Waals surface area (Å²) in [5, 5.41) is 0. The van der Waals surface area contributed by atoms with Crippen LogP contribution in [0.15, 0.2) is 24.3 Å². The first-order valence-electron chi connectivity index (χ1n) is 4.69. The maximum absolute atomic E-state index is 5.79. The third-order valence-electron chi connectivity index (χ3n) is 2.18. The van der Waals surface area contributed by atoms with Gasteiger partial charge in [0.2, 0.25) is 0 Å². The molecule has 70 valence electrons. The van der Waals surface area contributed by atoms with Gasteiger partial charge in [0.05, 0.1) is 0 Å². The molecule has 1 aromatic carbocycles. The molecule has 0 saturated carbocycles. The Morgan fingerprint density at radius 3 is 2.69 bits per heavy atom. The minimum atomic E-state index is 0.391. The fraction of sp³-hybridized carbons (Fsp3) is 0.455. The predicted molar refractivity (Wildman–Crippen MR) is 57.3 cm³/mol. The number of benzene rings is 1. The lowest BCUT2D eigenvalue weighted by molar-refractivity contribution is 0.284. The van der Waals surface area contributed by atoms with E-state index >= 15 is 0 Å². The fourth-order valence-electron chi connectivity index (χ4n) is 1.41. The summed E-state index contributed by atoms with van der Waals surface area (Å²) in [6, 6.07) is 8.28. The van der Waals surface area contributed by atoms with Crippen LogP contribution in [0.1, 0.15) is 18.4 Å². The molecule has 0 amide bonds. The largest absolute Gasteiger partial charge is 0.480 e. The molecule has 1 nitrogen and oxygen atoms in total. The molecule has 2 heteroatoms. The summed E-state index contributed by atoms with van der Waals surface area (Å²) in [7, 11) is 0. The zero-order valence-electron chi connectivity index (χ0n) is 7.82. The molecular formula is C11H14OS. The van der Waals surface area contributed by atoms with Crippen molar-refractivity contribution < 1.29 is 4.74 Å². The number of hydrogen-bond donors (Lipinski definition) is 0. The highest BCUT2D eigenvalue weighted by Gasteiger charge is 2.16. The number of rotatable bonds is 2. The van der Waals surface area contributed by atoms with Crippen LogP contribution in [-0.2, 0) is 0 Å². The molecule has 1 aromatic rings. The van der Waals surface area contributed by atoms with E-state index in [2.05, 4.69) is 19.1 Å². The molecule has 0 aromatic heterocycles. The topological polar surface area (TPSA) is 9.23 Å². The van der Waals surface area contributed by atoms with E-state index in [9.17, 15) is 0 Å². The lowest BCUT2D eigenvalue weighted by atomic mass is 10.2. The second-order valence-corrected chi connectivity index (χ2v) is 4.64. The first kappa shape index (κ1) is 8.95. The van der Waals surface area contributed by atoms with Crippen molar-refractivity contribution in [3.8, 4) is 5.75 Å². The standard InChI is InChI=1S/C11H14OS/c1-9-4-6-10(7-5-9)12-11-3-2-8-13-11/h4-7,11H,2-3,8H2,1H3. The van der Waals surface area contributed by atoms with Gasteiger partial charge in [0.25, 0.3) is 0 Å². The molecule has 2 rings (SSSR count). The Kier molecular flexibility index (Phi) is 2.79. The third kappa shape index (κ3) is 2.41. The van der Waals surface area contributed by atoms with Crippen molar-refractivity contribution in [2.45, 2.75) is 25.2 Å². The summed E-state index contributed by atoms with van der Waals surface area (Å²) in [4.78, 5) is 0. The minimum absolute atomic E-state index is 0.391. The highest BCUT2D eigenvalue weighted by Crippen LogP contribution is 2.28. The summed E-state index contributed by atoms with van der Waals surface area (Å²) in [5.41, 5.74) is 1.68. The van der Waals surface area contributed by atoms with Crippen molar-refractivity contribution in [3.05, 3.63) is 29.8 Å². The molecule has 1 heterocycles. The van der Waals surface area contributed by atoms with E-state index < -0.39 is 0 Å². The Balaban J connectivity index is 1.97. The highest BCUT2D eigenvalue weighted by molar-refractivity contribution is 8.00. The molecule has 0 bridgehead atoms. The molecule has 1 aliphatic heterocycles. The van der Waals surface area contributed by atoms with E-state index in [1.165, 1.54) is 24.2 Å². The van der Waals surface area contributed by atoms with Crippen LogP contribution >= 0.6 is 11.8 Å². The maximum Gasteiger partial charge on any atom is 0.144 e. The van der Waals surface area contributed by atoms with Crippen LogP contribution in [0.3, 0.4) is 0 Å². The molecule has 1 saturated heterocycles. The van der Waals surface area contributed by atoms with Gasteiger partial charge in [-0.1, -0.05) is 17.7 Å². The smallest absolute Gasteiger partial charge is 0.144 e. The molecular weight excluding hydrogens is 180 g/mol. The summed E-state index contributed by atoms with van der Waals surface area (Å²) < 4.78 is 5.79. The van der Waals surface area contributed by atoms with E-state index in [-0.39, 0.29) is 0 Å². The van der Waals surface area contributed by atoms with Gasteiger partial charge in [0.1, 0.15) is 11.2 Å². The Labute approximate surface area is 83.5 Å². The molecule has 1 fully saturated rings. The maximum atomic E-state index is 5.79. The third-order valence-corrected chi connectivity index (χ3v) is 3.40. The molecule has 13 heavy (non-hydrogen) atoms. The summed E-state index contributed by atoms with van der Waals surface area (Å²) >= 11 is 1.92. The van der Waals surface area contributed by atoms with E-state index in [1.54, 1.807) is 0 Å². The number of aryl methyl sites for hydroxylation is 1. The van der Waals surface area contributed by atoms with Crippen LogP contribution in [0, 0.1) is 6.92 Å². The van der Waals surface area contributed by atoms with Gasteiger partial charge in [-0.2, -0.15) is 0 Å². The van der Waals surface area contributed by atoms with Crippen molar-refractivity contribution in [2.75, 3.05) is 5.75 Å². The Morgan fingerprint density at radius 1 is 1.31 bits per heavy atom. The van der Waals surface area contributed by atoms with Crippen molar-refractivity contribution in [1.29, 1.82) is 0 Å². The predicted octanol–water partition coefficient (Wildman–Crippen LogP) is 3.23. The first-order valence-corrected chi connectivity index (χ1v) is 5.74. The van der Waals surface area contributed by atoms with Crippen molar-refractivity contribution >= 4 is 11.8 Å². The van der Waals surface area contributed by atoms with Crippen molar-refractivity contribution in [3.63, 3.8) is 0 Å². The zero-order chi connectivity index (χ0) is 9.10. The van der Waals surface area contributed by atoms with Gasteiger partial charge >= 0.3 is 0 Å². The summed E-state index contributed by atoms with van der Waals surface area (Å²) in [5.74, 6) is 2.25. The van der Waals surface area contributed by atoms with Gasteiger partial charge in [0.15, 0.2) is 0 Å². The van der Waals surface area contributed by atoms with Gasteiger partial charge in [-0.25, -0.2) is 0 Å². The molecule has 1 aliphatic rings. The average Bonchev–Trinajstić information content (AvgIpc) is 2.62. The molecule has 0 aliphatic carbocycles. The van der Waals surface area contributed by atoms with Crippen molar-refractivity contribution in [1.82, 2.24) is 0 Å². The van der Waals surface area contributed by atoms with Gasteiger partial charge in [-0.15, -0.1) is 11.8 Å². The number of hydrogen-bond acceptors (Lipinski definition) is 2. The first-order chi connectivity index (χ1) is 6.34. The van der Waals surface area contributed by atoms with Crippen molar-refractivity contribution in [2.24, 2.45) is 0 Å². The molecule has 1 unspecified atom stereocenters. The van der Waals surface area contributed by atoms with Gasteiger partial charge in [-0.05, 0) is 37.7 Å². The lowest BCUT2D eigenvalue weighted by Gasteiger charge is -2.11. The van der Waals surface area contributed by atoms with Crippen LogP contribution in [0.5, 0.6) is 5.75 Å². The van der Waals surface area contributed by atoms with Gasteiger partial charge < -0.3 is 4.74 Å². The molecule has 0 spiro atoms. The van der Waals surface area contributed by atoms with Crippen LogP contribution in [0.2, 0.25) is 0 Å². The molecule has 1 atom stereocenters. The summed E-state index contributed by atoms with van der Waals surface area (Å²) in [6.45, 7) is 2.09. The SMILES string of the molecule is Cc1ccc(OC2CCCS2)cc1. The van der Waals surface area contributed by atoms with Crippen LogP contribution in [0.4, 0.5) is 0 Å². The molecule has 0 N–H and O–H groups in total. The van der Waals surface area contributed by atoms with Gasteiger partial charge in [-0.3, -0.25) is 0 Å². The Bertz CT molecular complexity index is 262. The highest BCUT2D eigenvalue weighted by atomic mass is 32.2. The lowest BCUT2D eigenvalue weighted by Crippen LogP contribution is -2.06. The van der Waals surface area contributed by atoms with Gasteiger partial charge in [0, 0.05) is 0 Å². The summed E-state index contributed by atoms with van der Waals surface area (Å²) in [6.07, 6.45) is 2.49. The normalized spacial score (nSPS) is 21.8. The van der Waals surface area contributed by atoms with E-state index in [1.807, 2.05) is 23.9 Å². The second-order valence-electron chi connectivity index (χ2n) is 3.37. The second kappa shape index (κ2) is 4.05. The molecule has 0 radical (unpaired) electrons. The Hall–Kier alpha value is -0.630. The minimum Gasteiger partial charge on any atom is -0.480 e. The van der Waals surface area contributed by atoms with Crippen LogP contribution < -0.4 is 4.74 Å². The van der Waals surface area contributed by atoms with E-state index in [0.29, 0.717) is 5.44 Å². The number of thioether (sulfide) groups is 1. The zero-order valence-corrected chi connectivity index (χ0v) is 8.64. The number of ether oxygens (including phenoxy) is 1. The average molecular weight is 194 g/mol. The van der Waals surface area contributed by atoms with Crippen LogP contribution in [-0.4, -0.2) is 11.2 Å². The van der Waals surface area contributed by atoms with Crippen LogP contribution in [0.25, 0.3) is 0 Å². The van der Waals surface area contributed by atoms with E-state index in [4.69, 9.17) is 4.74 Å². The quantitative estimate of drug-likeness (QED) is 0.715.